The van der Waals surface area contributed by atoms with Gasteiger partial charge in [0.2, 0.25) is 5.89 Å². The van der Waals surface area contributed by atoms with Crippen molar-refractivity contribution in [3.8, 4) is 5.69 Å². The summed E-state index contributed by atoms with van der Waals surface area (Å²) in [4.78, 5) is 11.6. The average Bonchev–Trinajstić information content (AvgIpc) is 2.62. The van der Waals surface area contributed by atoms with Gasteiger partial charge in [-0.15, -0.1) is 5.10 Å². The van der Waals surface area contributed by atoms with Crippen LogP contribution in [0.1, 0.15) is 25.7 Å². The fourth-order valence-electron chi connectivity index (χ4n) is 1.27. The SMILES string of the molecule is CC(C)c1nn(-c2ccc(Br)cc2)c(=O)o1. The standard InChI is InChI=1S/C11H11BrN2O2/c1-7(2)10-13-14(11(15)16-10)9-5-3-8(12)4-6-9/h3-7H,1-2H3. The second kappa shape index (κ2) is 4.25. The van der Waals surface area contributed by atoms with Gasteiger partial charge >= 0.3 is 5.76 Å². The van der Waals surface area contributed by atoms with Crippen molar-refractivity contribution in [1.29, 1.82) is 0 Å². The van der Waals surface area contributed by atoms with Crippen LogP contribution in [0.3, 0.4) is 0 Å². The van der Waals surface area contributed by atoms with E-state index in [1.807, 2.05) is 26.0 Å². The van der Waals surface area contributed by atoms with Gasteiger partial charge in [-0.25, -0.2) is 4.79 Å². The molecule has 0 aliphatic carbocycles. The molecule has 0 atom stereocenters. The van der Waals surface area contributed by atoms with Crippen molar-refractivity contribution in [3.05, 3.63) is 45.2 Å². The van der Waals surface area contributed by atoms with Gasteiger partial charge in [-0.1, -0.05) is 29.8 Å². The molecule has 0 bridgehead atoms. The molecule has 0 N–H and O–H groups in total. The number of hydrogen-bond acceptors (Lipinski definition) is 3. The summed E-state index contributed by atoms with van der Waals surface area (Å²) in [5.74, 6) is 0.100. The zero-order valence-corrected chi connectivity index (χ0v) is 10.6. The van der Waals surface area contributed by atoms with Crippen molar-refractivity contribution in [3.63, 3.8) is 0 Å². The molecule has 1 aromatic carbocycles. The van der Waals surface area contributed by atoms with Crippen LogP contribution in [0.5, 0.6) is 0 Å². The molecule has 0 saturated carbocycles. The summed E-state index contributed by atoms with van der Waals surface area (Å²) in [7, 11) is 0. The average molecular weight is 283 g/mol. The van der Waals surface area contributed by atoms with Crippen LogP contribution in [0, 0.1) is 0 Å². The Kier molecular flexibility index (Phi) is 2.96. The maximum absolute atomic E-state index is 11.6. The first kappa shape index (κ1) is 11.1. The first-order chi connectivity index (χ1) is 7.58. The van der Waals surface area contributed by atoms with Crippen molar-refractivity contribution >= 4 is 15.9 Å². The molecule has 0 aliphatic rings. The number of nitrogens with zero attached hydrogens (tertiary/aromatic N) is 2. The molecule has 5 heteroatoms. The highest BCUT2D eigenvalue weighted by Gasteiger charge is 2.12. The summed E-state index contributed by atoms with van der Waals surface area (Å²) in [5.41, 5.74) is 0.698. The monoisotopic (exact) mass is 282 g/mol. The summed E-state index contributed by atoms with van der Waals surface area (Å²) in [6.07, 6.45) is 0. The quantitative estimate of drug-likeness (QED) is 0.851. The maximum atomic E-state index is 11.6. The molecule has 0 amide bonds. The van der Waals surface area contributed by atoms with Crippen LogP contribution >= 0.6 is 15.9 Å². The minimum atomic E-state index is -0.453. The maximum Gasteiger partial charge on any atom is 0.441 e. The highest BCUT2D eigenvalue weighted by molar-refractivity contribution is 9.10. The Morgan fingerprint density at radius 2 is 1.94 bits per heavy atom. The normalized spacial score (nSPS) is 11.0. The van der Waals surface area contributed by atoms with Gasteiger partial charge in [0, 0.05) is 10.4 Å². The van der Waals surface area contributed by atoms with E-state index in [9.17, 15) is 4.79 Å². The molecule has 0 aliphatic heterocycles. The Morgan fingerprint density at radius 1 is 1.31 bits per heavy atom. The second-order valence-corrected chi connectivity index (χ2v) is 4.66. The molecule has 0 radical (unpaired) electrons. The highest BCUT2D eigenvalue weighted by atomic mass is 79.9. The fraction of sp³-hybridized carbons (Fsp3) is 0.273. The molecule has 16 heavy (non-hydrogen) atoms. The molecule has 2 aromatic rings. The molecular weight excluding hydrogens is 272 g/mol. The molecule has 0 fully saturated rings. The van der Waals surface area contributed by atoms with E-state index in [0.717, 1.165) is 4.47 Å². The lowest BCUT2D eigenvalue weighted by molar-refractivity contribution is 0.439. The fourth-order valence-corrected chi connectivity index (χ4v) is 1.54. The van der Waals surface area contributed by atoms with Crippen LogP contribution in [0.25, 0.3) is 5.69 Å². The number of aromatic nitrogens is 2. The Balaban J connectivity index is 2.48. The van der Waals surface area contributed by atoms with Crippen molar-refractivity contribution in [2.24, 2.45) is 0 Å². The topological polar surface area (TPSA) is 48.0 Å². The van der Waals surface area contributed by atoms with Crippen molar-refractivity contribution in [2.75, 3.05) is 0 Å². The molecule has 1 heterocycles. The van der Waals surface area contributed by atoms with Gasteiger partial charge in [-0.05, 0) is 24.3 Å². The zero-order valence-electron chi connectivity index (χ0n) is 8.98. The van der Waals surface area contributed by atoms with Crippen LogP contribution in [-0.4, -0.2) is 9.78 Å². The Morgan fingerprint density at radius 3 is 2.44 bits per heavy atom. The number of benzene rings is 1. The number of hydrogen-bond donors (Lipinski definition) is 0. The Hall–Kier alpha value is -1.36. The van der Waals surface area contributed by atoms with E-state index in [0.29, 0.717) is 11.6 Å². The third-order valence-corrected chi connectivity index (χ3v) is 2.66. The third-order valence-electron chi connectivity index (χ3n) is 2.13. The molecule has 4 nitrogen and oxygen atoms in total. The van der Waals surface area contributed by atoms with Gasteiger partial charge in [-0.2, -0.15) is 4.68 Å². The van der Waals surface area contributed by atoms with E-state index in [1.165, 1.54) is 4.68 Å². The number of halogens is 1. The molecule has 0 unspecified atom stereocenters. The van der Waals surface area contributed by atoms with Crippen LogP contribution in [0.15, 0.2) is 37.9 Å². The Bertz CT molecular complexity index is 540. The van der Waals surface area contributed by atoms with Crippen LogP contribution in [-0.2, 0) is 0 Å². The first-order valence-corrected chi connectivity index (χ1v) is 5.73. The summed E-state index contributed by atoms with van der Waals surface area (Å²) in [6, 6.07) is 7.31. The van der Waals surface area contributed by atoms with E-state index >= 15 is 0 Å². The predicted molar refractivity (Wildman–Crippen MR) is 63.9 cm³/mol. The summed E-state index contributed by atoms with van der Waals surface area (Å²) >= 11 is 3.33. The molecule has 0 spiro atoms. The van der Waals surface area contributed by atoms with E-state index in [2.05, 4.69) is 21.0 Å². The lowest BCUT2D eigenvalue weighted by Crippen LogP contribution is -2.13. The van der Waals surface area contributed by atoms with Crippen LogP contribution < -0.4 is 5.76 Å². The highest BCUT2D eigenvalue weighted by Crippen LogP contribution is 2.14. The summed E-state index contributed by atoms with van der Waals surface area (Å²) in [5, 5.41) is 4.13. The minimum Gasteiger partial charge on any atom is -0.392 e. The molecule has 0 saturated heterocycles. The number of rotatable bonds is 2. The second-order valence-electron chi connectivity index (χ2n) is 3.75. The van der Waals surface area contributed by atoms with Gasteiger partial charge < -0.3 is 4.42 Å². The van der Waals surface area contributed by atoms with Gasteiger partial charge in [0.15, 0.2) is 0 Å². The van der Waals surface area contributed by atoms with Gasteiger partial charge in [-0.3, -0.25) is 0 Å². The van der Waals surface area contributed by atoms with Crippen LogP contribution in [0.2, 0.25) is 0 Å². The Labute approximate surface area is 101 Å². The van der Waals surface area contributed by atoms with Gasteiger partial charge in [0.1, 0.15) is 0 Å². The van der Waals surface area contributed by atoms with Gasteiger partial charge in [0.25, 0.3) is 0 Å². The first-order valence-electron chi connectivity index (χ1n) is 4.94. The molecular formula is C11H11BrN2O2. The van der Waals surface area contributed by atoms with Gasteiger partial charge in [0.05, 0.1) is 5.69 Å². The molecule has 84 valence electrons. The van der Waals surface area contributed by atoms with E-state index < -0.39 is 5.76 Å². The van der Waals surface area contributed by atoms with E-state index in [4.69, 9.17) is 4.42 Å². The summed E-state index contributed by atoms with van der Waals surface area (Å²) < 4.78 is 7.27. The molecule has 2 rings (SSSR count). The lowest BCUT2D eigenvalue weighted by atomic mass is 10.2. The van der Waals surface area contributed by atoms with E-state index in [-0.39, 0.29) is 5.92 Å². The van der Waals surface area contributed by atoms with Crippen molar-refractivity contribution < 1.29 is 4.42 Å². The van der Waals surface area contributed by atoms with Crippen molar-refractivity contribution in [1.82, 2.24) is 9.78 Å². The zero-order chi connectivity index (χ0) is 11.7. The molecule has 1 aromatic heterocycles. The minimum absolute atomic E-state index is 0.101. The summed E-state index contributed by atoms with van der Waals surface area (Å²) in [6.45, 7) is 3.86. The largest absolute Gasteiger partial charge is 0.441 e. The van der Waals surface area contributed by atoms with Crippen molar-refractivity contribution in [2.45, 2.75) is 19.8 Å². The lowest BCUT2D eigenvalue weighted by Gasteiger charge is -1.98. The smallest absolute Gasteiger partial charge is 0.392 e. The van der Waals surface area contributed by atoms with Crippen LogP contribution in [0.4, 0.5) is 0 Å². The third kappa shape index (κ3) is 2.09. The van der Waals surface area contributed by atoms with E-state index in [1.54, 1.807) is 12.1 Å². The predicted octanol–water partition coefficient (Wildman–Crippen LogP) is 2.71.